The minimum atomic E-state index is 0.214. The van der Waals surface area contributed by atoms with Gasteiger partial charge in [0.05, 0.1) is 12.1 Å². The number of aliphatic imine (C=N–C) groups is 1. The first-order chi connectivity index (χ1) is 11.8. The fraction of sp³-hybridized carbons (Fsp3) is 0.421. The molecule has 1 fully saturated rings. The molecule has 0 aliphatic heterocycles. The molecule has 1 saturated carbocycles. The van der Waals surface area contributed by atoms with Crippen LogP contribution in [-0.4, -0.2) is 22.2 Å². The second-order valence-electron chi connectivity index (χ2n) is 6.31. The highest BCUT2D eigenvalue weighted by Crippen LogP contribution is 2.31. The van der Waals surface area contributed by atoms with Gasteiger partial charge in [0.1, 0.15) is 5.65 Å². The van der Waals surface area contributed by atoms with E-state index in [2.05, 4.69) is 16.0 Å². The Hall–Kier alpha value is -2.61. The van der Waals surface area contributed by atoms with Crippen molar-refractivity contribution in [2.45, 2.75) is 44.6 Å². The Morgan fingerprint density at radius 2 is 2.29 bits per heavy atom. The zero-order chi connectivity index (χ0) is 16.8. The summed E-state index contributed by atoms with van der Waals surface area (Å²) < 4.78 is 0. The lowest BCUT2D eigenvalue weighted by Gasteiger charge is -2.18. The number of nitrogens with one attached hydrogen (secondary N) is 1. The van der Waals surface area contributed by atoms with Crippen LogP contribution in [0.4, 0.5) is 0 Å². The van der Waals surface area contributed by atoms with Gasteiger partial charge in [-0.05, 0) is 42.9 Å². The van der Waals surface area contributed by atoms with E-state index in [1.54, 1.807) is 12.4 Å². The summed E-state index contributed by atoms with van der Waals surface area (Å²) in [7, 11) is 0. The molecular weight excluding hydrogens is 298 g/mol. The first kappa shape index (κ1) is 16.3. The summed E-state index contributed by atoms with van der Waals surface area (Å²) in [5, 5.41) is 9.95. The number of pyridine rings is 1. The quantitative estimate of drug-likeness (QED) is 0.793. The molecule has 0 saturated heterocycles. The highest BCUT2D eigenvalue weighted by molar-refractivity contribution is 6.14. The molecule has 2 aromatic heterocycles. The first-order valence-electron chi connectivity index (χ1n) is 8.58. The van der Waals surface area contributed by atoms with Gasteiger partial charge >= 0.3 is 0 Å². The van der Waals surface area contributed by atoms with Crippen molar-refractivity contribution in [3.05, 3.63) is 36.3 Å². The molecule has 3 N–H and O–H groups in total. The lowest BCUT2D eigenvalue weighted by atomic mass is 9.94. The van der Waals surface area contributed by atoms with Crippen molar-refractivity contribution in [2.24, 2.45) is 16.6 Å². The largest absolute Gasteiger partial charge is 0.404 e. The number of nitrogens with two attached hydrogens (primary N) is 1. The standard InChI is InChI=1S/C19H23N5/c20-9-3-6-18(14-4-1-2-5-14)24-13-15(12-21)16-7-10-22-19-17(16)8-11-23-19/h7-8,10-14,18H,1-6,21H2,(H,22,23). The number of hydrogen-bond donors (Lipinski definition) is 2. The Kier molecular flexibility index (Phi) is 5.27. The Morgan fingerprint density at radius 1 is 1.46 bits per heavy atom. The van der Waals surface area contributed by atoms with E-state index < -0.39 is 0 Å². The molecule has 0 amide bonds. The Morgan fingerprint density at radius 3 is 3.04 bits per heavy atom. The number of nitriles is 1. The van der Waals surface area contributed by atoms with Crippen LogP contribution in [0.5, 0.6) is 0 Å². The van der Waals surface area contributed by atoms with Gasteiger partial charge in [-0.2, -0.15) is 5.26 Å². The van der Waals surface area contributed by atoms with Crippen LogP contribution >= 0.6 is 0 Å². The molecule has 1 aliphatic carbocycles. The number of rotatable bonds is 6. The molecule has 3 rings (SSSR count). The summed E-state index contributed by atoms with van der Waals surface area (Å²) in [5.74, 6) is 0.596. The fourth-order valence-electron chi connectivity index (χ4n) is 3.58. The van der Waals surface area contributed by atoms with Crippen molar-refractivity contribution < 1.29 is 0 Å². The molecular formula is C19H23N5. The third kappa shape index (κ3) is 3.48. The average Bonchev–Trinajstić information content (AvgIpc) is 3.29. The van der Waals surface area contributed by atoms with Crippen LogP contribution in [0.2, 0.25) is 0 Å². The van der Waals surface area contributed by atoms with Crippen LogP contribution in [0.3, 0.4) is 0 Å². The Labute approximate surface area is 142 Å². The second kappa shape index (κ2) is 7.78. The summed E-state index contributed by atoms with van der Waals surface area (Å²) >= 11 is 0. The molecule has 2 heterocycles. The maximum Gasteiger partial charge on any atom is 0.137 e. The fourth-order valence-corrected chi connectivity index (χ4v) is 3.58. The predicted octanol–water partition coefficient (Wildman–Crippen LogP) is 3.80. The molecule has 124 valence electrons. The van der Waals surface area contributed by atoms with Gasteiger partial charge in [0.25, 0.3) is 0 Å². The van der Waals surface area contributed by atoms with E-state index in [0.717, 1.165) is 28.6 Å². The van der Waals surface area contributed by atoms with Gasteiger partial charge < -0.3 is 10.7 Å². The number of hydrogen-bond acceptors (Lipinski definition) is 4. The highest BCUT2D eigenvalue weighted by atomic mass is 14.8. The summed E-state index contributed by atoms with van der Waals surface area (Å²) in [6, 6.07) is 6.42. The van der Waals surface area contributed by atoms with Crippen molar-refractivity contribution in [3.63, 3.8) is 0 Å². The van der Waals surface area contributed by atoms with E-state index in [9.17, 15) is 0 Å². The minimum Gasteiger partial charge on any atom is -0.404 e. The van der Waals surface area contributed by atoms with Crippen LogP contribution in [0.15, 0.2) is 35.7 Å². The lowest BCUT2D eigenvalue weighted by Crippen LogP contribution is -2.16. The Balaban J connectivity index is 1.83. The van der Waals surface area contributed by atoms with Gasteiger partial charge in [-0.15, -0.1) is 0 Å². The first-order valence-corrected chi connectivity index (χ1v) is 8.58. The van der Waals surface area contributed by atoms with Crippen LogP contribution in [0, 0.1) is 17.2 Å². The SMILES string of the molecule is N#CCCC(N=CC(=CN)c1ccnc2[nH]ccc12)C1CCCC1. The number of H-pyrrole nitrogens is 1. The molecule has 0 bridgehead atoms. The van der Waals surface area contributed by atoms with Crippen LogP contribution < -0.4 is 5.73 Å². The van der Waals surface area contributed by atoms with Gasteiger partial charge in [-0.1, -0.05) is 12.8 Å². The van der Waals surface area contributed by atoms with Gasteiger partial charge in [0.15, 0.2) is 0 Å². The van der Waals surface area contributed by atoms with E-state index in [1.807, 2.05) is 24.5 Å². The normalized spacial score (nSPS) is 17.5. The predicted molar refractivity (Wildman–Crippen MR) is 97.3 cm³/mol. The molecule has 1 atom stereocenters. The average molecular weight is 321 g/mol. The second-order valence-corrected chi connectivity index (χ2v) is 6.31. The topological polar surface area (TPSA) is 90.8 Å². The molecule has 5 nitrogen and oxygen atoms in total. The molecule has 0 aromatic carbocycles. The Bertz CT molecular complexity index is 774. The summed E-state index contributed by atoms with van der Waals surface area (Å²) in [5.41, 5.74) is 8.63. The van der Waals surface area contributed by atoms with Crippen LogP contribution in [0.1, 0.15) is 44.1 Å². The van der Waals surface area contributed by atoms with Gasteiger partial charge in [-0.3, -0.25) is 4.99 Å². The number of aromatic amines is 1. The number of aromatic nitrogens is 2. The zero-order valence-corrected chi connectivity index (χ0v) is 13.8. The van der Waals surface area contributed by atoms with Gasteiger partial charge in [0, 0.05) is 42.2 Å². The molecule has 2 aromatic rings. The molecule has 1 aliphatic rings. The zero-order valence-electron chi connectivity index (χ0n) is 13.8. The van der Waals surface area contributed by atoms with Crippen molar-refractivity contribution in [2.75, 3.05) is 0 Å². The van der Waals surface area contributed by atoms with Gasteiger partial charge in [-0.25, -0.2) is 4.98 Å². The van der Waals surface area contributed by atoms with E-state index in [-0.39, 0.29) is 6.04 Å². The van der Waals surface area contributed by atoms with Crippen molar-refractivity contribution >= 4 is 22.8 Å². The van der Waals surface area contributed by atoms with Crippen molar-refractivity contribution in [1.29, 1.82) is 5.26 Å². The van der Waals surface area contributed by atoms with Crippen LogP contribution in [-0.2, 0) is 0 Å². The smallest absolute Gasteiger partial charge is 0.137 e. The molecule has 24 heavy (non-hydrogen) atoms. The summed E-state index contributed by atoms with van der Waals surface area (Å²) in [6.45, 7) is 0. The van der Waals surface area contributed by atoms with E-state index >= 15 is 0 Å². The van der Waals surface area contributed by atoms with E-state index in [0.29, 0.717) is 12.3 Å². The molecule has 0 spiro atoms. The molecule has 5 heteroatoms. The van der Waals surface area contributed by atoms with Crippen molar-refractivity contribution in [1.82, 2.24) is 9.97 Å². The third-order valence-corrected chi connectivity index (χ3v) is 4.85. The number of nitrogens with zero attached hydrogens (tertiary/aromatic N) is 3. The summed E-state index contributed by atoms with van der Waals surface area (Å²) in [4.78, 5) is 12.3. The maximum atomic E-state index is 8.91. The maximum absolute atomic E-state index is 8.91. The number of allylic oxidation sites excluding steroid dienone is 1. The molecule has 0 radical (unpaired) electrons. The number of fused-ring (bicyclic) bond motifs is 1. The summed E-state index contributed by atoms with van der Waals surface area (Å²) in [6.07, 6.45) is 13.5. The van der Waals surface area contributed by atoms with E-state index in [1.165, 1.54) is 25.7 Å². The van der Waals surface area contributed by atoms with Crippen LogP contribution in [0.25, 0.3) is 16.6 Å². The van der Waals surface area contributed by atoms with Crippen molar-refractivity contribution in [3.8, 4) is 6.07 Å². The van der Waals surface area contributed by atoms with E-state index in [4.69, 9.17) is 16.0 Å². The minimum absolute atomic E-state index is 0.214. The lowest BCUT2D eigenvalue weighted by molar-refractivity contribution is 0.417. The molecule has 1 unspecified atom stereocenters. The highest BCUT2D eigenvalue weighted by Gasteiger charge is 2.24. The monoisotopic (exact) mass is 321 g/mol. The third-order valence-electron chi connectivity index (χ3n) is 4.85. The van der Waals surface area contributed by atoms with Gasteiger partial charge in [0.2, 0.25) is 0 Å².